The van der Waals surface area contributed by atoms with Crippen LogP contribution in [-0.4, -0.2) is 106 Å². The first kappa shape index (κ1) is 27.7. The van der Waals surface area contributed by atoms with Gasteiger partial charge in [0.25, 0.3) is 5.92 Å². The van der Waals surface area contributed by atoms with Crippen molar-refractivity contribution in [1.82, 2.24) is 35.1 Å². The fourth-order valence-electron chi connectivity index (χ4n) is 5.36. The van der Waals surface area contributed by atoms with Gasteiger partial charge < -0.3 is 29.5 Å². The highest BCUT2D eigenvalue weighted by Crippen LogP contribution is 2.33. The van der Waals surface area contributed by atoms with Crippen LogP contribution in [0.1, 0.15) is 26.2 Å². The summed E-state index contributed by atoms with van der Waals surface area (Å²) in [6, 6.07) is -0.790. The van der Waals surface area contributed by atoms with Crippen LogP contribution in [0, 0.1) is 5.92 Å². The van der Waals surface area contributed by atoms with Crippen molar-refractivity contribution < 1.29 is 27.8 Å². The molecule has 6 rings (SSSR count). The monoisotopic (exact) mass is 561 g/mol. The van der Waals surface area contributed by atoms with Crippen molar-refractivity contribution in [3.8, 4) is 11.8 Å². The third-order valence-corrected chi connectivity index (χ3v) is 7.60. The van der Waals surface area contributed by atoms with E-state index in [0.29, 0.717) is 12.5 Å². The molecular weight excluding hydrogens is 528 g/mol. The van der Waals surface area contributed by atoms with Crippen LogP contribution in [0.25, 0.3) is 0 Å². The number of rotatable bonds is 7. The normalized spacial score (nSPS) is 25.1. The molecule has 4 saturated heterocycles. The number of aromatic nitrogens is 4. The number of carbonyl (C=O) groups excluding carboxylic acids is 2. The van der Waals surface area contributed by atoms with Gasteiger partial charge >= 0.3 is 12.1 Å². The van der Waals surface area contributed by atoms with Crippen molar-refractivity contribution in [2.75, 3.05) is 56.6 Å². The molecule has 4 aliphatic heterocycles. The van der Waals surface area contributed by atoms with Crippen LogP contribution >= 0.6 is 0 Å². The predicted octanol–water partition coefficient (Wildman–Crippen LogP) is 2.23. The van der Waals surface area contributed by atoms with E-state index < -0.39 is 30.5 Å². The standard InChI is InChI=1S/C25H33F2N9O4/c1-3-39-21-13-29-19(12-30-21)32-23(37)34(2)18-15-36(11-7-25(18,26)27)22-28-8-4-20(33-22)40-24(38)31-17-14-35-9-5-16(17)6-10-35/h4,8,12-13,16-18H,3,5-7,9-11,14-15H2,1-2H3,(H,31,38)(H,29,32,37)/t17-,18-/m0/s1. The SMILES string of the molecule is CCOc1cnc(NC(=O)N(C)[C@H]2CN(c3nccc(OC(=O)N[C@H]4CN5CCC4CC5)n3)CCC2(F)F)cn1. The number of ether oxygens (including phenoxy) is 2. The molecule has 0 aliphatic carbocycles. The molecule has 2 aromatic heterocycles. The molecule has 3 amide bonds. The molecule has 2 atom stereocenters. The number of amides is 3. The Labute approximate surface area is 230 Å². The number of halogens is 2. The lowest BCUT2D eigenvalue weighted by atomic mass is 9.84. The van der Waals surface area contributed by atoms with Crippen molar-refractivity contribution in [3.63, 3.8) is 0 Å². The van der Waals surface area contributed by atoms with E-state index in [1.165, 1.54) is 31.7 Å². The first-order valence-electron chi connectivity index (χ1n) is 13.4. The molecular formula is C25H33F2N9O4. The molecule has 216 valence electrons. The maximum atomic E-state index is 15.0. The maximum absolute atomic E-state index is 15.0. The summed E-state index contributed by atoms with van der Waals surface area (Å²) in [5.74, 6) is -2.21. The molecule has 15 heteroatoms. The summed E-state index contributed by atoms with van der Waals surface area (Å²) in [5, 5.41) is 5.41. The smallest absolute Gasteiger partial charge is 0.414 e. The van der Waals surface area contributed by atoms with Crippen LogP contribution in [0.2, 0.25) is 0 Å². The molecule has 4 fully saturated rings. The van der Waals surface area contributed by atoms with Gasteiger partial charge in [-0.1, -0.05) is 0 Å². The Morgan fingerprint density at radius 1 is 1.12 bits per heavy atom. The molecule has 40 heavy (non-hydrogen) atoms. The molecule has 0 saturated carbocycles. The van der Waals surface area contributed by atoms with Crippen LogP contribution in [-0.2, 0) is 0 Å². The number of hydrogen-bond donors (Lipinski definition) is 2. The van der Waals surface area contributed by atoms with Gasteiger partial charge in [-0.15, -0.1) is 0 Å². The molecule has 13 nitrogen and oxygen atoms in total. The van der Waals surface area contributed by atoms with E-state index in [0.717, 1.165) is 37.4 Å². The highest BCUT2D eigenvalue weighted by Gasteiger charge is 2.48. The average Bonchev–Trinajstić information content (AvgIpc) is 2.94. The predicted molar refractivity (Wildman–Crippen MR) is 140 cm³/mol. The summed E-state index contributed by atoms with van der Waals surface area (Å²) in [6.45, 7) is 4.82. The summed E-state index contributed by atoms with van der Waals surface area (Å²) in [6.07, 6.45) is 4.98. The van der Waals surface area contributed by atoms with Crippen LogP contribution in [0.5, 0.6) is 11.8 Å². The lowest BCUT2D eigenvalue weighted by Gasteiger charge is -2.44. The van der Waals surface area contributed by atoms with E-state index in [1.807, 2.05) is 0 Å². The third-order valence-electron chi connectivity index (χ3n) is 7.60. The zero-order valence-electron chi connectivity index (χ0n) is 22.4. The molecule has 0 spiro atoms. The van der Waals surface area contributed by atoms with Gasteiger partial charge in [0, 0.05) is 51.4 Å². The zero-order valence-corrected chi connectivity index (χ0v) is 22.4. The van der Waals surface area contributed by atoms with Crippen molar-refractivity contribution in [3.05, 3.63) is 24.7 Å². The Hall–Kier alpha value is -3.88. The number of nitrogens with zero attached hydrogens (tertiary/aromatic N) is 7. The lowest BCUT2D eigenvalue weighted by Crippen LogP contribution is -2.60. The number of urea groups is 1. The highest BCUT2D eigenvalue weighted by molar-refractivity contribution is 5.88. The molecule has 4 aliphatic rings. The number of fused-ring (bicyclic) bond motifs is 3. The Kier molecular flexibility index (Phi) is 8.09. The summed E-state index contributed by atoms with van der Waals surface area (Å²) in [5.41, 5.74) is 0. The molecule has 0 unspecified atom stereocenters. The number of alkyl halides is 2. The first-order chi connectivity index (χ1) is 19.2. The Morgan fingerprint density at radius 2 is 1.93 bits per heavy atom. The number of likely N-dealkylation sites (N-methyl/N-ethyl adjacent to an activating group) is 1. The number of anilines is 2. The number of carbonyl (C=O) groups is 2. The molecule has 2 N–H and O–H groups in total. The molecule has 2 bridgehead atoms. The number of nitrogens with one attached hydrogen (secondary N) is 2. The Morgan fingerprint density at radius 3 is 2.60 bits per heavy atom. The largest absolute Gasteiger partial charge is 0.477 e. The van der Waals surface area contributed by atoms with Gasteiger partial charge in [0.15, 0.2) is 5.82 Å². The van der Waals surface area contributed by atoms with Gasteiger partial charge in [0.1, 0.15) is 6.04 Å². The van der Waals surface area contributed by atoms with Gasteiger partial charge in [-0.25, -0.2) is 33.3 Å². The fraction of sp³-hybridized carbons (Fsp3) is 0.600. The van der Waals surface area contributed by atoms with Crippen LogP contribution in [0.4, 0.5) is 30.1 Å². The minimum absolute atomic E-state index is 0.0119. The van der Waals surface area contributed by atoms with Gasteiger partial charge in [-0.2, -0.15) is 4.98 Å². The minimum Gasteiger partial charge on any atom is -0.477 e. The minimum atomic E-state index is -3.16. The highest BCUT2D eigenvalue weighted by atomic mass is 19.3. The van der Waals surface area contributed by atoms with Crippen molar-refractivity contribution in [2.45, 2.75) is 44.2 Å². The molecule has 2 aromatic rings. The quantitative estimate of drug-likeness (QED) is 0.518. The third kappa shape index (κ3) is 6.29. The average molecular weight is 562 g/mol. The maximum Gasteiger partial charge on any atom is 0.414 e. The first-order valence-corrected chi connectivity index (χ1v) is 13.4. The lowest BCUT2D eigenvalue weighted by molar-refractivity contribution is -0.0760. The number of hydrogen-bond acceptors (Lipinski definition) is 10. The molecule has 0 aromatic carbocycles. The zero-order chi connectivity index (χ0) is 28.3. The van der Waals surface area contributed by atoms with Gasteiger partial charge in [-0.05, 0) is 38.8 Å². The summed E-state index contributed by atoms with van der Waals surface area (Å²) >= 11 is 0. The van der Waals surface area contributed by atoms with E-state index in [2.05, 4.69) is 35.5 Å². The summed E-state index contributed by atoms with van der Waals surface area (Å²) in [4.78, 5) is 46.7. The van der Waals surface area contributed by atoms with Crippen molar-refractivity contribution in [1.29, 1.82) is 0 Å². The van der Waals surface area contributed by atoms with Crippen LogP contribution in [0.15, 0.2) is 24.7 Å². The van der Waals surface area contributed by atoms with E-state index in [-0.39, 0.29) is 42.7 Å². The second-order valence-corrected chi connectivity index (χ2v) is 10.2. The molecule has 6 heterocycles. The van der Waals surface area contributed by atoms with E-state index in [4.69, 9.17) is 9.47 Å². The van der Waals surface area contributed by atoms with E-state index >= 15 is 0 Å². The van der Waals surface area contributed by atoms with Gasteiger partial charge in [-0.3, -0.25) is 5.32 Å². The topological polar surface area (TPSA) is 138 Å². The van der Waals surface area contributed by atoms with E-state index in [1.54, 1.807) is 11.8 Å². The van der Waals surface area contributed by atoms with Crippen LogP contribution in [0.3, 0.4) is 0 Å². The molecule has 0 radical (unpaired) electrons. The van der Waals surface area contributed by atoms with Gasteiger partial charge in [0.2, 0.25) is 17.7 Å². The van der Waals surface area contributed by atoms with Crippen LogP contribution < -0.4 is 25.0 Å². The Balaban J connectivity index is 1.20. The fourth-order valence-corrected chi connectivity index (χ4v) is 5.36. The summed E-state index contributed by atoms with van der Waals surface area (Å²) in [7, 11) is 1.29. The van der Waals surface area contributed by atoms with Gasteiger partial charge in [0.05, 0.1) is 19.0 Å². The van der Waals surface area contributed by atoms with Crippen molar-refractivity contribution >= 4 is 23.9 Å². The second-order valence-electron chi connectivity index (χ2n) is 10.2. The summed E-state index contributed by atoms with van der Waals surface area (Å²) < 4.78 is 40.6. The number of piperidine rings is 4. The Bertz CT molecular complexity index is 1200. The van der Waals surface area contributed by atoms with Crippen molar-refractivity contribution in [2.24, 2.45) is 5.92 Å². The van der Waals surface area contributed by atoms with E-state index in [9.17, 15) is 18.4 Å². The second kappa shape index (κ2) is 11.7.